The summed E-state index contributed by atoms with van der Waals surface area (Å²) >= 11 is 1.54. The van der Waals surface area contributed by atoms with E-state index in [2.05, 4.69) is 0 Å². The minimum atomic E-state index is -0.526. The molecule has 0 saturated carbocycles. The number of carbonyl (C=O) groups is 2. The number of carbonyl (C=O) groups excluding carboxylic acids is 2. The second-order valence-corrected chi connectivity index (χ2v) is 4.16. The predicted octanol–water partition coefficient (Wildman–Crippen LogP) is 1.83. The Balaban J connectivity index is 2.11. The van der Waals surface area contributed by atoms with Gasteiger partial charge >= 0.3 is 6.09 Å². The molecule has 1 aliphatic heterocycles. The van der Waals surface area contributed by atoms with E-state index in [9.17, 15) is 9.59 Å². The molecule has 1 saturated heterocycles. The number of hydrogen-bond donors (Lipinski definition) is 0. The highest BCUT2D eigenvalue weighted by Crippen LogP contribution is 2.21. The van der Waals surface area contributed by atoms with Gasteiger partial charge in [0, 0.05) is 0 Å². The maximum absolute atomic E-state index is 11.9. The molecule has 2 rings (SSSR count). The molecule has 1 fully saturated rings. The van der Waals surface area contributed by atoms with E-state index in [-0.39, 0.29) is 11.8 Å². The van der Waals surface area contributed by atoms with E-state index in [4.69, 9.17) is 4.74 Å². The zero-order chi connectivity index (χ0) is 10.8. The summed E-state index contributed by atoms with van der Waals surface area (Å²) in [5.74, 6) is -0.460. The molecule has 1 atom stereocenters. The molecule has 15 heavy (non-hydrogen) atoms. The van der Waals surface area contributed by atoms with Gasteiger partial charge in [-0.3, -0.25) is 4.79 Å². The molecular formula is C10H11NO3S. The van der Waals surface area contributed by atoms with E-state index in [1.165, 1.54) is 4.90 Å². The number of thiophene rings is 1. The van der Waals surface area contributed by atoms with Crippen LogP contribution in [0.15, 0.2) is 16.8 Å². The van der Waals surface area contributed by atoms with Gasteiger partial charge in [-0.1, -0.05) is 0 Å². The highest BCUT2D eigenvalue weighted by Gasteiger charge is 2.32. The number of imide groups is 1. The molecule has 2 heterocycles. The number of cyclic esters (lactones) is 1. The minimum Gasteiger partial charge on any atom is -0.447 e. The van der Waals surface area contributed by atoms with Crippen molar-refractivity contribution >= 4 is 23.3 Å². The maximum atomic E-state index is 11.9. The van der Waals surface area contributed by atoms with Crippen LogP contribution in [0.4, 0.5) is 4.79 Å². The standard InChI is InChI=1S/C10H11NO3S/c1-7(8-2-5-15-6-8)9(12)11-3-4-14-10(11)13/h2,5-7H,3-4H2,1H3. The fraction of sp³-hybridized carbons (Fsp3) is 0.400. The van der Waals surface area contributed by atoms with Gasteiger partial charge in [-0.15, -0.1) is 0 Å². The average Bonchev–Trinajstić information content (AvgIpc) is 2.85. The first-order chi connectivity index (χ1) is 7.20. The molecule has 5 heteroatoms. The lowest BCUT2D eigenvalue weighted by molar-refractivity contribution is -0.128. The summed E-state index contributed by atoms with van der Waals surface area (Å²) in [7, 11) is 0. The van der Waals surface area contributed by atoms with Crippen LogP contribution in [0, 0.1) is 0 Å². The van der Waals surface area contributed by atoms with Crippen LogP contribution >= 0.6 is 11.3 Å². The van der Waals surface area contributed by atoms with Crippen molar-refractivity contribution in [2.24, 2.45) is 0 Å². The molecule has 0 aromatic carbocycles. The molecule has 80 valence electrons. The monoisotopic (exact) mass is 225 g/mol. The Kier molecular flexibility index (Phi) is 2.73. The SMILES string of the molecule is CC(C(=O)N1CCOC1=O)c1ccsc1. The van der Waals surface area contributed by atoms with Crippen molar-refractivity contribution in [3.8, 4) is 0 Å². The van der Waals surface area contributed by atoms with E-state index in [1.807, 2.05) is 16.8 Å². The number of nitrogens with zero attached hydrogens (tertiary/aromatic N) is 1. The largest absolute Gasteiger partial charge is 0.447 e. The molecule has 1 aliphatic rings. The highest BCUT2D eigenvalue weighted by atomic mass is 32.1. The molecule has 0 N–H and O–H groups in total. The number of ether oxygens (including phenoxy) is 1. The third kappa shape index (κ3) is 1.87. The van der Waals surface area contributed by atoms with Crippen molar-refractivity contribution in [2.45, 2.75) is 12.8 Å². The summed E-state index contributed by atoms with van der Waals surface area (Å²) in [4.78, 5) is 24.2. The summed E-state index contributed by atoms with van der Waals surface area (Å²) in [5, 5.41) is 3.84. The molecule has 0 aliphatic carbocycles. The first kappa shape index (κ1) is 10.2. The lowest BCUT2D eigenvalue weighted by Crippen LogP contribution is -2.34. The van der Waals surface area contributed by atoms with E-state index >= 15 is 0 Å². The topological polar surface area (TPSA) is 46.6 Å². The van der Waals surface area contributed by atoms with Crippen molar-refractivity contribution in [3.63, 3.8) is 0 Å². The minimum absolute atomic E-state index is 0.184. The number of rotatable bonds is 2. The van der Waals surface area contributed by atoms with E-state index in [1.54, 1.807) is 18.3 Å². The zero-order valence-corrected chi connectivity index (χ0v) is 9.12. The Morgan fingerprint density at radius 2 is 2.47 bits per heavy atom. The van der Waals surface area contributed by atoms with Gasteiger partial charge in [0.25, 0.3) is 0 Å². The normalized spacial score (nSPS) is 17.7. The molecule has 0 bridgehead atoms. The van der Waals surface area contributed by atoms with Crippen LogP contribution in [-0.2, 0) is 9.53 Å². The Labute approximate surface area is 91.5 Å². The smallest absolute Gasteiger partial charge is 0.416 e. The van der Waals surface area contributed by atoms with Crippen LogP contribution in [-0.4, -0.2) is 30.1 Å². The third-order valence-electron chi connectivity index (χ3n) is 2.44. The van der Waals surface area contributed by atoms with Crippen LogP contribution in [0.3, 0.4) is 0 Å². The van der Waals surface area contributed by atoms with Crippen LogP contribution in [0.5, 0.6) is 0 Å². The average molecular weight is 225 g/mol. The molecule has 0 spiro atoms. The van der Waals surface area contributed by atoms with Crippen LogP contribution in [0.25, 0.3) is 0 Å². The quantitative estimate of drug-likeness (QED) is 0.771. The molecule has 2 amide bonds. The van der Waals surface area contributed by atoms with Crippen LogP contribution in [0.2, 0.25) is 0 Å². The Hall–Kier alpha value is -1.36. The summed E-state index contributed by atoms with van der Waals surface area (Å²) < 4.78 is 4.72. The van der Waals surface area contributed by atoms with Gasteiger partial charge in [-0.05, 0) is 29.3 Å². The summed E-state index contributed by atoms with van der Waals surface area (Å²) in [6.45, 7) is 2.48. The second-order valence-electron chi connectivity index (χ2n) is 3.38. The summed E-state index contributed by atoms with van der Waals surface area (Å²) in [6, 6.07) is 1.90. The lowest BCUT2D eigenvalue weighted by Gasteiger charge is -2.15. The van der Waals surface area contributed by atoms with Crippen molar-refractivity contribution in [3.05, 3.63) is 22.4 Å². The van der Waals surface area contributed by atoms with Crippen LogP contribution < -0.4 is 0 Å². The second kappa shape index (κ2) is 4.02. The molecule has 0 radical (unpaired) electrons. The van der Waals surface area contributed by atoms with Gasteiger partial charge in [0.15, 0.2) is 0 Å². The van der Waals surface area contributed by atoms with Gasteiger partial charge < -0.3 is 4.74 Å². The predicted molar refractivity (Wildman–Crippen MR) is 55.8 cm³/mol. The van der Waals surface area contributed by atoms with Gasteiger partial charge in [-0.25, -0.2) is 9.69 Å². The molecule has 1 aromatic heterocycles. The fourth-order valence-corrected chi connectivity index (χ4v) is 2.25. The zero-order valence-electron chi connectivity index (χ0n) is 8.30. The Morgan fingerprint density at radius 1 is 1.67 bits per heavy atom. The molecule has 4 nitrogen and oxygen atoms in total. The third-order valence-corrected chi connectivity index (χ3v) is 3.14. The van der Waals surface area contributed by atoms with Crippen LogP contribution in [0.1, 0.15) is 18.4 Å². The summed E-state index contributed by atoms with van der Waals surface area (Å²) in [5.41, 5.74) is 0.949. The fourth-order valence-electron chi connectivity index (χ4n) is 1.49. The van der Waals surface area contributed by atoms with Gasteiger partial charge in [-0.2, -0.15) is 11.3 Å². The maximum Gasteiger partial charge on any atom is 0.416 e. The Morgan fingerprint density at radius 3 is 3.00 bits per heavy atom. The van der Waals surface area contributed by atoms with Crippen molar-refractivity contribution < 1.29 is 14.3 Å². The number of amides is 2. The number of hydrogen-bond acceptors (Lipinski definition) is 4. The van der Waals surface area contributed by atoms with Crippen molar-refractivity contribution in [2.75, 3.05) is 13.2 Å². The van der Waals surface area contributed by atoms with Gasteiger partial charge in [0.05, 0.1) is 12.5 Å². The van der Waals surface area contributed by atoms with E-state index in [0.29, 0.717) is 13.2 Å². The van der Waals surface area contributed by atoms with Gasteiger partial charge in [0.2, 0.25) is 5.91 Å². The highest BCUT2D eigenvalue weighted by molar-refractivity contribution is 7.08. The Bertz CT molecular complexity index is 374. The van der Waals surface area contributed by atoms with E-state index < -0.39 is 6.09 Å². The van der Waals surface area contributed by atoms with Crippen molar-refractivity contribution in [1.82, 2.24) is 4.90 Å². The van der Waals surface area contributed by atoms with Crippen molar-refractivity contribution in [1.29, 1.82) is 0 Å². The molecular weight excluding hydrogens is 214 g/mol. The molecule has 1 unspecified atom stereocenters. The van der Waals surface area contributed by atoms with E-state index in [0.717, 1.165) is 5.56 Å². The van der Waals surface area contributed by atoms with Gasteiger partial charge in [0.1, 0.15) is 6.61 Å². The lowest BCUT2D eigenvalue weighted by atomic mass is 10.0. The first-order valence-corrected chi connectivity index (χ1v) is 5.64. The first-order valence-electron chi connectivity index (χ1n) is 4.70. The summed E-state index contributed by atoms with van der Waals surface area (Å²) in [6.07, 6.45) is -0.526. The molecule has 1 aromatic rings.